The fourth-order valence-electron chi connectivity index (χ4n) is 2.17. The van der Waals surface area contributed by atoms with Crippen LogP contribution in [0.15, 0.2) is 30.3 Å². The molecule has 0 spiro atoms. The molecule has 3 rings (SSSR count). The van der Waals surface area contributed by atoms with Gasteiger partial charge in [-0.2, -0.15) is 0 Å². The molecule has 0 saturated carbocycles. The maximum Gasteiger partial charge on any atom is 0.327 e. The van der Waals surface area contributed by atoms with Crippen LogP contribution in [0.3, 0.4) is 0 Å². The van der Waals surface area contributed by atoms with Crippen molar-refractivity contribution in [2.24, 2.45) is 0 Å². The van der Waals surface area contributed by atoms with Crippen LogP contribution >= 0.6 is 7.59 Å². The lowest BCUT2D eigenvalue weighted by molar-refractivity contribution is -0.142. The van der Waals surface area contributed by atoms with Gasteiger partial charge in [-0.15, -0.1) is 0 Å². The van der Waals surface area contributed by atoms with Crippen molar-refractivity contribution in [2.45, 2.75) is 6.04 Å². The van der Waals surface area contributed by atoms with Crippen LogP contribution in [0.1, 0.15) is 11.6 Å². The minimum absolute atomic E-state index is 0.417. The molecule has 2 saturated heterocycles. The summed E-state index contributed by atoms with van der Waals surface area (Å²) in [6.45, 7) is 3.24. The first-order chi connectivity index (χ1) is 9.65. The summed E-state index contributed by atoms with van der Waals surface area (Å²) >= 11 is 0. The first-order valence-corrected chi connectivity index (χ1v) is 8.28. The van der Waals surface area contributed by atoms with E-state index in [1.807, 2.05) is 39.7 Å². The quantitative estimate of drug-likeness (QED) is 0.484. The number of hydrogen-bond donors (Lipinski definition) is 1. The van der Waals surface area contributed by atoms with E-state index in [4.69, 9.17) is 4.74 Å². The molecule has 0 bridgehead atoms. The first kappa shape index (κ1) is 13.8. The molecular formula is C13H18N3O3P. The second kappa shape index (κ2) is 5.30. The maximum atomic E-state index is 13.1. The number of benzene rings is 1. The van der Waals surface area contributed by atoms with Crippen molar-refractivity contribution in [3.63, 3.8) is 0 Å². The van der Waals surface area contributed by atoms with E-state index in [0.29, 0.717) is 0 Å². The number of carbonyl (C=O) groups is 1. The summed E-state index contributed by atoms with van der Waals surface area (Å²) in [4.78, 5) is 12.0. The number of nitrogens with zero attached hydrogens (tertiary/aromatic N) is 2. The summed E-state index contributed by atoms with van der Waals surface area (Å²) < 4.78 is 21.7. The third kappa shape index (κ3) is 2.65. The van der Waals surface area contributed by atoms with Gasteiger partial charge in [0, 0.05) is 26.2 Å². The second-order valence-electron chi connectivity index (χ2n) is 4.95. The van der Waals surface area contributed by atoms with Crippen molar-refractivity contribution >= 4 is 13.6 Å². The van der Waals surface area contributed by atoms with Gasteiger partial charge in [0.15, 0.2) is 0 Å². The van der Waals surface area contributed by atoms with Crippen molar-refractivity contribution in [2.75, 3.05) is 33.3 Å². The smallest absolute Gasteiger partial charge is 0.327 e. The Balaban J connectivity index is 1.86. The highest BCUT2D eigenvalue weighted by atomic mass is 31.2. The van der Waals surface area contributed by atoms with Gasteiger partial charge in [-0.25, -0.2) is 19.2 Å². The Hall–Kier alpha value is -1.20. The van der Waals surface area contributed by atoms with Gasteiger partial charge < -0.3 is 4.74 Å². The number of rotatable bonds is 6. The van der Waals surface area contributed by atoms with Crippen LogP contribution in [0, 0.1) is 0 Å². The van der Waals surface area contributed by atoms with Gasteiger partial charge in [0.1, 0.15) is 6.04 Å². The van der Waals surface area contributed by atoms with E-state index in [2.05, 4.69) is 5.09 Å². The molecule has 1 aromatic carbocycles. The molecule has 1 aromatic rings. The van der Waals surface area contributed by atoms with Gasteiger partial charge in [-0.1, -0.05) is 30.3 Å². The van der Waals surface area contributed by atoms with Crippen LogP contribution in [0.4, 0.5) is 0 Å². The molecule has 6 nitrogen and oxygen atoms in total. The highest BCUT2D eigenvalue weighted by Gasteiger charge is 2.49. The van der Waals surface area contributed by atoms with Gasteiger partial charge in [0.2, 0.25) is 0 Å². The lowest BCUT2D eigenvalue weighted by Gasteiger charge is -2.26. The molecule has 0 aromatic heterocycles. The number of carbonyl (C=O) groups excluding carboxylic acids is 1. The topological polar surface area (TPSA) is 61.4 Å². The second-order valence-corrected chi connectivity index (χ2v) is 7.42. The zero-order valence-corrected chi connectivity index (χ0v) is 12.3. The third-order valence-electron chi connectivity index (χ3n) is 3.48. The number of nitrogens with one attached hydrogen (secondary N) is 1. The minimum Gasteiger partial charge on any atom is -0.468 e. The largest absolute Gasteiger partial charge is 0.468 e. The Morgan fingerprint density at radius 3 is 2.20 bits per heavy atom. The number of hydrogen-bond acceptors (Lipinski definition) is 3. The van der Waals surface area contributed by atoms with Crippen LogP contribution < -0.4 is 5.09 Å². The maximum absolute atomic E-state index is 13.1. The standard InChI is InChI=1S/C13H18N3O3P/c1-19-13(17)12(11-5-3-2-4-6-11)14-20(18,15-7-8-15)16-9-10-16/h2-6,12H,7-10H2,1H3,(H,14,18). The number of ether oxygens (including phenoxy) is 1. The van der Waals surface area contributed by atoms with Crippen LogP contribution in [-0.4, -0.2) is 48.6 Å². The summed E-state index contributed by atoms with van der Waals surface area (Å²) in [5.74, 6) is -0.417. The molecule has 2 aliphatic rings. The SMILES string of the molecule is COC(=O)C(NP(=O)(N1CC1)N1CC1)c1ccccc1. The van der Waals surface area contributed by atoms with Crippen LogP contribution in [0.5, 0.6) is 0 Å². The van der Waals surface area contributed by atoms with E-state index in [9.17, 15) is 9.36 Å². The summed E-state index contributed by atoms with van der Waals surface area (Å²) in [6.07, 6.45) is 0. The Morgan fingerprint density at radius 2 is 1.75 bits per heavy atom. The van der Waals surface area contributed by atoms with Crippen molar-refractivity contribution in [3.8, 4) is 0 Å². The van der Waals surface area contributed by atoms with E-state index in [-0.39, 0.29) is 0 Å². The molecular weight excluding hydrogens is 277 g/mol. The van der Waals surface area contributed by atoms with Crippen molar-refractivity contribution in [1.82, 2.24) is 14.4 Å². The zero-order chi connectivity index (χ0) is 14.2. The zero-order valence-electron chi connectivity index (χ0n) is 11.4. The molecule has 0 aliphatic carbocycles. The average Bonchev–Trinajstić information content (AvgIpc) is 3.33. The molecule has 108 valence electrons. The first-order valence-electron chi connectivity index (χ1n) is 6.66. The highest BCUT2D eigenvalue weighted by molar-refractivity contribution is 7.57. The monoisotopic (exact) mass is 295 g/mol. The Bertz CT molecular complexity index is 527. The van der Waals surface area contributed by atoms with E-state index in [1.54, 1.807) is 0 Å². The van der Waals surface area contributed by atoms with Crippen LogP contribution in [-0.2, 0) is 14.1 Å². The van der Waals surface area contributed by atoms with Gasteiger partial charge in [-0.3, -0.25) is 4.57 Å². The molecule has 1 unspecified atom stereocenters. The summed E-state index contributed by atoms with van der Waals surface area (Å²) in [6, 6.07) is 8.56. The molecule has 2 heterocycles. The van der Waals surface area contributed by atoms with Crippen molar-refractivity contribution < 1.29 is 14.1 Å². The van der Waals surface area contributed by atoms with Crippen molar-refractivity contribution in [3.05, 3.63) is 35.9 Å². The number of esters is 1. The lowest BCUT2D eigenvalue weighted by Crippen LogP contribution is -2.31. The van der Waals surface area contributed by atoms with Crippen molar-refractivity contribution in [1.29, 1.82) is 0 Å². The molecule has 1 atom stereocenters. The van der Waals surface area contributed by atoms with E-state index >= 15 is 0 Å². The van der Waals surface area contributed by atoms with E-state index < -0.39 is 19.6 Å². The van der Waals surface area contributed by atoms with Gasteiger partial charge in [0.05, 0.1) is 7.11 Å². The molecule has 2 fully saturated rings. The average molecular weight is 295 g/mol. The molecule has 2 aliphatic heterocycles. The predicted octanol–water partition coefficient (Wildman–Crippen LogP) is 1.23. The Labute approximate surface area is 118 Å². The fourth-order valence-corrected chi connectivity index (χ4v) is 4.71. The summed E-state index contributed by atoms with van der Waals surface area (Å²) in [5, 5.41) is 3.05. The predicted molar refractivity (Wildman–Crippen MR) is 75.1 cm³/mol. The molecule has 0 amide bonds. The molecule has 0 radical (unpaired) electrons. The Morgan fingerprint density at radius 1 is 1.20 bits per heavy atom. The van der Waals surface area contributed by atoms with Gasteiger partial charge >= 0.3 is 5.97 Å². The molecule has 1 N–H and O–H groups in total. The van der Waals surface area contributed by atoms with E-state index in [1.165, 1.54) is 7.11 Å². The summed E-state index contributed by atoms with van der Waals surface area (Å²) in [7, 11) is -1.47. The minimum atomic E-state index is -2.81. The van der Waals surface area contributed by atoms with Crippen LogP contribution in [0.2, 0.25) is 0 Å². The van der Waals surface area contributed by atoms with Gasteiger partial charge in [-0.05, 0) is 5.56 Å². The Kier molecular flexibility index (Phi) is 3.65. The normalized spacial score (nSPS) is 20.4. The molecule has 7 heteroatoms. The van der Waals surface area contributed by atoms with Crippen LogP contribution in [0.25, 0.3) is 0 Å². The fraction of sp³-hybridized carbons (Fsp3) is 0.462. The number of methoxy groups -OCH3 is 1. The molecule has 20 heavy (non-hydrogen) atoms. The van der Waals surface area contributed by atoms with E-state index in [0.717, 1.165) is 31.7 Å². The highest BCUT2D eigenvalue weighted by Crippen LogP contribution is 2.58. The summed E-state index contributed by atoms with van der Waals surface area (Å²) in [5.41, 5.74) is 0.767. The lowest BCUT2D eigenvalue weighted by atomic mass is 10.1. The third-order valence-corrected chi connectivity index (χ3v) is 6.41. The van der Waals surface area contributed by atoms with Gasteiger partial charge in [0.25, 0.3) is 7.59 Å².